The Morgan fingerprint density at radius 3 is 3.05 bits per heavy atom. The topological polar surface area (TPSA) is 71.1 Å². The molecule has 5 nitrogen and oxygen atoms in total. The van der Waals surface area contributed by atoms with Crippen molar-refractivity contribution in [2.75, 3.05) is 5.32 Å². The van der Waals surface area contributed by atoms with Crippen LogP contribution in [0.4, 0.5) is 5.69 Å². The number of carbonyl (C=O) groups excluding carboxylic acids is 2. The molecule has 0 bridgehead atoms. The zero-order chi connectivity index (χ0) is 13.9. The zero-order valence-electron chi connectivity index (χ0n) is 10.6. The summed E-state index contributed by atoms with van der Waals surface area (Å²) in [5.41, 5.74) is 3.42. The molecule has 2 N–H and O–H groups in total. The van der Waals surface area contributed by atoms with Gasteiger partial charge in [-0.25, -0.2) is 0 Å². The summed E-state index contributed by atoms with van der Waals surface area (Å²) in [4.78, 5) is 28.8. The van der Waals surface area contributed by atoms with Crippen molar-refractivity contribution < 1.29 is 9.59 Å². The summed E-state index contributed by atoms with van der Waals surface area (Å²) in [5, 5.41) is 5.61. The van der Waals surface area contributed by atoms with E-state index in [9.17, 15) is 9.59 Å². The van der Waals surface area contributed by atoms with Crippen LogP contribution in [0.25, 0.3) is 0 Å². The largest absolute Gasteiger partial charge is 0.351 e. The molecule has 102 valence electrons. The average molecular weight is 287 g/mol. The van der Waals surface area contributed by atoms with Crippen molar-refractivity contribution >= 4 is 28.8 Å². The van der Waals surface area contributed by atoms with Crippen LogP contribution in [0.3, 0.4) is 0 Å². The molecule has 1 atom stereocenters. The van der Waals surface area contributed by atoms with E-state index in [4.69, 9.17) is 0 Å². The van der Waals surface area contributed by atoms with Crippen molar-refractivity contribution in [2.45, 2.75) is 18.9 Å². The summed E-state index contributed by atoms with van der Waals surface area (Å²) in [7, 11) is 0. The Morgan fingerprint density at radius 1 is 1.40 bits per heavy atom. The Kier molecular flexibility index (Phi) is 3.47. The third-order valence-electron chi connectivity index (χ3n) is 3.24. The van der Waals surface area contributed by atoms with E-state index < -0.39 is 5.92 Å². The van der Waals surface area contributed by atoms with E-state index in [1.807, 2.05) is 24.3 Å². The number of para-hydroxylation sites is 1. The van der Waals surface area contributed by atoms with Crippen molar-refractivity contribution in [1.82, 2.24) is 10.3 Å². The summed E-state index contributed by atoms with van der Waals surface area (Å²) in [6.45, 7) is 0.458. The number of carbonyl (C=O) groups is 2. The first-order valence-corrected chi connectivity index (χ1v) is 7.16. The molecular formula is C14H13N3O2S. The first-order chi connectivity index (χ1) is 9.74. The Hall–Kier alpha value is -2.21. The number of amides is 2. The van der Waals surface area contributed by atoms with Crippen molar-refractivity contribution in [2.24, 2.45) is 0 Å². The molecule has 2 aromatic rings. The molecule has 0 saturated heterocycles. The molecule has 1 aliphatic rings. The lowest BCUT2D eigenvalue weighted by Gasteiger charge is -2.08. The molecule has 0 spiro atoms. The van der Waals surface area contributed by atoms with Gasteiger partial charge in [-0.05, 0) is 11.6 Å². The predicted octanol–water partition coefficient (Wildman–Crippen LogP) is 1.89. The number of hydrogen-bond acceptors (Lipinski definition) is 4. The van der Waals surface area contributed by atoms with E-state index >= 15 is 0 Å². The van der Waals surface area contributed by atoms with Gasteiger partial charge in [0.25, 0.3) is 0 Å². The second-order valence-corrected chi connectivity index (χ2v) is 5.55. The van der Waals surface area contributed by atoms with E-state index in [1.54, 1.807) is 11.7 Å². The molecule has 0 saturated carbocycles. The van der Waals surface area contributed by atoms with E-state index in [0.29, 0.717) is 6.54 Å². The molecule has 0 fully saturated rings. The molecule has 0 aliphatic carbocycles. The molecule has 3 rings (SSSR count). The summed E-state index contributed by atoms with van der Waals surface area (Å²) < 4.78 is 0. The second kappa shape index (κ2) is 5.42. The number of thiazole rings is 1. The van der Waals surface area contributed by atoms with Gasteiger partial charge in [-0.15, -0.1) is 11.3 Å². The molecule has 1 aliphatic heterocycles. The van der Waals surface area contributed by atoms with Gasteiger partial charge in [0.2, 0.25) is 11.8 Å². The number of fused-ring (bicyclic) bond motifs is 1. The number of benzene rings is 1. The highest BCUT2D eigenvalue weighted by atomic mass is 32.1. The maximum absolute atomic E-state index is 11.9. The molecule has 2 amide bonds. The monoisotopic (exact) mass is 287 g/mol. The van der Waals surface area contributed by atoms with Crippen LogP contribution >= 0.6 is 11.3 Å². The minimum atomic E-state index is -0.396. The smallest absolute Gasteiger partial charge is 0.232 e. The lowest BCUT2D eigenvalue weighted by Crippen LogP contribution is -2.26. The predicted molar refractivity (Wildman–Crippen MR) is 76.4 cm³/mol. The van der Waals surface area contributed by atoms with Gasteiger partial charge in [0.1, 0.15) is 0 Å². The van der Waals surface area contributed by atoms with E-state index in [2.05, 4.69) is 15.6 Å². The van der Waals surface area contributed by atoms with Crippen LogP contribution in [-0.2, 0) is 16.1 Å². The molecular weight excluding hydrogens is 274 g/mol. The van der Waals surface area contributed by atoms with Crippen molar-refractivity contribution in [1.29, 1.82) is 0 Å². The highest BCUT2D eigenvalue weighted by Crippen LogP contribution is 2.34. The first-order valence-electron chi connectivity index (χ1n) is 6.28. The third kappa shape index (κ3) is 2.55. The van der Waals surface area contributed by atoms with Crippen LogP contribution in [-0.4, -0.2) is 16.8 Å². The fourth-order valence-electron chi connectivity index (χ4n) is 2.25. The lowest BCUT2D eigenvalue weighted by atomic mass is 9.97. The molecule has 1 unspecified atom stereocenters. The van der Waals surface area contributed by atoms with Crippen LogP contribution in [0, 0.1) is 0 Å². The Morgan fingerprint density at radius 2 is 2.25 bits per heavy atom. The van der Waals surface area contributed by atoms with Crippen LogP contribution < -0.4 is 10.6 Å². The summed E-state index contributed by atoms with van der Waals surface area (Å²) in [5.74, 6) is -0.637. The summed E-state index contributed by atoms with van der Waals surface area (Å²) in [6.07, 6.45) is 1.89. The molecule has 1 aromatic carbocycles. The number of nitrogens with zero attached hydrogens (tertiary/aromatic N) is 1. The summed E-state index contributed by atoms with van der Waals surface area (Å²) >= 11 is 1.49. The van der Waals surface area contributed by atoms with Gasteiger partial charge in [-0.2, -0.15) is 0 Å². The lowest BCUT2D eigenvalue weighted by molar-refractivity contribution is -0.125. The van der Waals surface area contributed by atoms with Crippen molar-refractivity contribution in [3.05, 3.63) is 46.4 Å². The number of rotatable bonds is 4. The quantitative estimate of drug-likeness (QED) is 0.902. The fourth-order valence-corrected chi connectivity index (χ4v) is 2.79. The number of hydrogen-bond donors (Lipinski definition) is 2. The molecule has 20 heavy (non-hydrogen) atoms. The van der Waals surface area contributed by atoms with Gasteiger partial charge in [0.05, 0.1) is 18.0 Å². The maximum atomic E-state index is 11.9. The van der Waals surface area contributed by atoms with Crippen molar-refractivity contribution in [3.63, 3.8) is 0 Å². The third-order valence-corrected chi connectivity index (χ3v) is 4.02. The number of anilines is 1. The number of aromatic nitrogens is 1. The fraction of sp³-hybridized carbons (Fsp3) is 0.214. The zero-order valence-corrected chi connectivity index (χ0v) is 11.4. The average Bonchev–Trinajstić information content (AvgIpc) is 3.06. The molecule has 2 heterocycles. The van der Waals surface area contributed by atoms with Gasteiger partial charge >= 0.3 is 0 Å². The molecule has 6 heteroatoms. The van der Waals surface area contributed by atoms with E-state index in [-0.39, 0.29) is 18.2 Å². The van der Waals surface area contributed by atoms with Crippen LogP contribution in [0.1, 0.15) is 22.8 Å². The standard InChI is InChI=1S/C14H13N3O2S/c18-13(16-7-9-6-15-8-20-9)5-11-10-3-1-2-4-12(10)17-14(11)19/h1-4,6,8,11H,5,7H2,(H,16,18)(H,17,19). The molecule has 0 radical (unpaired) electrons. The minimum Gasteiger partial charge on any atom is -0.351 e. The Labute approximate surface area is 120 Å². The Bertz CT molecular complexity index is 640. The van der Waals surface area contributed by atoms with E-state index in [1.165, 1.54) is 11.3 Å². The number of nitrogens with one attached hydrogen (secondary N) is 2. The van der Waals surface area contributed by atoms with Gasteiger partial charge in [-0.1, -0.05) is 18.2 Å². The van der Waals surface area contributed by atoms with Gasteiger partial charge in [-0.3, -0.25) is 14.6 Å². The molecule has 1 aromatic heterocycles. The van der Waals surface area contributed by atoms with E-state index in [0.717, 1.165) is 16.1 Å². The Balaban J connectivity index is 1.63. The second-order valence-electron chi connectivity index (χ2n) is 4.58. The van der Waals surface area contributed by atoms with Crippen LogP contribution in [0.2, 0.25) is 0 Å². The van der Waals surface area contributed by atoms with Gasteiger partial charge < -0.3 is 10.6 Å². The minimum absolute atomic E-state index is 0.112. The first kappa shape index (κ1) is 12.8. The highest BCUT2D eigenvalue weighted by molar-refractivity contribution is 7.09. The summed E-state index contributed by atoms with van der Waals surface area (Å²) in [6, 6.07) is 7.48. The van der Waals surface area contributed by atoms with Crippen molar-refractivity contribution in [3.8, 4) is 0 Å². The van der Waals surface area contributed by atoms with Gasteiger partial charge in [0, 0.05) is 23.2 Å². The van der Waals surface area contributed by atoms with Crippen LogP contribution in [0.5, 0.6) is 0 Å². The highest BCUT2D eigenvalue weighted by Gasteiger charge is 2.31. The SMILES string of the molecule is O=C(CC1C(=O)Nc2ccccc21)NCc1cncs1. The van der Waals surface area contributed by atoms with Crippen LogP contribution in [0.15, 0.2) is 36.0 Å². The van der Waals surface area contributed by atoms with Gasteiger partial charge in [0.15, 0.2) is 0 Å². The normalized spacial score (nSPS) is 16.6. The maximum Gasteiger partial charge on any atom is 0.232 e.